The first-order chi connectivity index (χ1) is 28.3. The number of esters is 2. The fraction of sp³-hybridized carbons (Fsp3) is 0.640. The van der Waals surface area contributed by atoms with Gasteiger partial charge in [0.15, 0.2) is 14.1 Å². The maximum Gasteiger partial charge on any atom is 0.333 e. The molecule has 1 unspecified atom stereocenters. The van der Waals surface area contributed by atoms with Crippen LogP contribution in [0.5, 0.6) is 5.75 Å². The number of allylic oxidation sites excluding steroid dienone is 6. The lowest BCUT2D eigenvalue weighted by atomic mass is 9.61. The van der Waals surface area contributed by atoms with Gasteiger partial charge in [-0.05, 0) is 126 Å². The van der Waals surface area contributed by atoms with E-state index in [9.17, 15) is 19.6 Å². The number of nitrogens with zero attached hydrogens (tertiary/aromatic N) is 1. The summed E-state index contributed by atoms with van der Waals surface area (Å²) in [6.45, 7) is 20.5. The highest BCUT2D eigenvalue weighted by Crippen LogP contribution is 2.54. The number of ether oxygens (including phenoxy) is 4. The van der Waals surface area contributed by atoms with E-state index in [0.717, 1.165) is 49.0 Å². The van der Waals surface area contributed by atoms with Gasteiger partial charge in [-0.1, -0.05) is 82.2 Å². The van der Waals surface area contributed by atoms with Gasteiger partial charge < -0.3 is 23.4 Å². The Kier molecular flexibility index (Phi) is 19.3. The number of methoxy groups -OCH3 is 2. The Balaban J connectivity index is 2.36. The molecule has 2 aliphatic rings. The number of carbonyl (C=O) groups excluding carboxylic acids is 3. The van der Waals surface area contributed by atoms with Crippen LogP contribution in [0.1, 0.15) is 125 Å². The number of benzene rings is 1. The van der Waals surface area contributed by atoms with E-state index < -0.39 is 43.2 Å². The molecule has 0 saturated carbocycles. The topological polar surface area (TPSA) is 121 Å². The van der Waals surface area contributed by atoms with Crippen molar-refractivity contribution < 1.29 is 37.8 Å². The minimum Gasteiger partial charge on any atom is -0.497 e. The molecule has 1 aromatic rings. The average molecular weight is 846 g/mol. The Morgan fingerprint density at radius 2 is 1.63 bits per heavy atom. The van der Waals surface area contributed by atoms with Crippen LogP contribution in [0.4, 0.5) is 0 Å². The molecule has 60 heavy (non-hydrogen) atoms. The molecule has 0 amide bonds. The number of hydrogen-bond donors (Lipinski definition) is 0. The highest BCUT2D eigenvalue weighted by molar-refractivity contribution is 6.74. The standard InChI is InChI=1S/C50H75NO8Si/c1-13-15-17-18-19-21-22-37-32-41-45(57-34-36-24-26-38(55-9)27-25-36)44(40(37)33-43(42(52)23-20-16-14-2)59-60(11,12)49(6,7)8)39(46(53)56-10)28-29-50(41,30-31-51)35-58-47(54)48(3,4)5/h13-16,24-28,32,37,40,43-45H,17-23,29-30,33-35H2,1-12H3/b15-13+,16-14+/t37-,40+,43-,44+,45?,50+/m1/s1. The zero-order valence-electron chi connectivity index (χ0n) is 38.9. The normalized spacial score (nSPS) is 22.7. The third kappa shape index (κ3) is 13.6. The van der Waals surface area contributed by atoms with Gasteiger partial charge in [0.2, 0.25) is 0 Å². The third-order valence-electron chi connectivity index (χ3n) is 12.8. The number of fused-ring (bicyclic) bond motifs is 2. The predicted octanol–water partition coefficient (Wildman–Crippen LogP) is 11.6. The summed E-state index contributed by atoms with van der Waals surface area (Å²) in [5.74, 6) is -0.986. The molecule has 10 heteroatoms. The van der Waals surface area contributed by atoms with Crippen molar-refractivity contribution >= 4 is 26.0 Å². The van der Waals surface area contributed by atoms with Crippen molar-refractivity contribution in [1.82, 2.24) is 0 Å². The van der Waals surface area contributed by atoms with Crippen LogP contribution in [-0.4, -0.2) is 59.1 Å². The van der Waals surface area contributed by atoms with Crippen LogP contribution in [0, 0.1) is 39.9 Å². The van der Waals surface area contributed by atoms with Crippen LogP contribution in [0.15, 0.2) is 71.9 Å². The molecule has 0 fully saturated rings. The number of nitriles is 1. The van der Waals surface area contributed by atoms with Crippen molar-refractivity contribution in [2.75, 3.05) is 20.8 Å². The summed E-state index contributed by atoms with van der Waals surface area (Å²) in [5, 5.41) is 10.4. The first-order valence-electron chi connectivity index (χ1n) is 22.0. The van der Waals surface area contributed by atoms with Gasteiger partial charge in [-0.3, -0.25) is 9.59 Å². The molecule has 0 radical (unpaired) electrons. The molecule has 1 aromatic carbocycles. The summed E-state index contributed by atoms with van der Waals surface area (Å²) >= 11 is 0. The summed E-state index contributed by atoms with van der Waals surface area (Å²) in [6.07, 6.45) is 17.5. The minimum atomic E-state index is -2.46. The number of rotatable bonds is 22. The Bertz CT molecular complexity index is 1740. The molecule has 332 valence electrons. The molecule has 2 bridgehead atoms. The molecule has 6 atom stereocenters. The molecule has 0 aromatic heterocycles. The Hall–Kier alpha value is -3.78. The van der Waals surface area contributed by atoms with E-state index in [1.54, 1.807) is 7.11 Å². The van der Waals surface area contributed by atoms with Crippen molar-refractivity contribution in [1.29, 1.82) is 5.26 Å². The second-order valence-corrected chi connectivity index (χ2v) is 24.0. The average Bonchev–Trinajstić information content (AvgIpc) is 3.28. The second kappa shape index (κ2) is 22.9. The van der Waals surface area contributed by atoms with Gasteiger partial charge in [0.05, 0.1) is 38.4 Å². The zero-order valence-corrected chi connectivity index (χ0v) is 39.9. The molecule has 2 aliphatic carbocycles. The van der Waals surface area contributed by atoms with Gasteiger partial charge in [-0.2, -0.15) is 5.26 Å². The summed E-state index contributed by atoms with van der Waals surface area (Å²) in [5.41, 5.74) is 0.470. The van der Waals surface area contributed by atoms with Gasteiger partial charge in [-0.15, -0.1) is 0 Å². The van der Waals surface area contributed by atoms with E-state index in [1.165, 1.54) is 7.11 Å². The molecule has 3 rings (SSSR count). The molecule has 0 saturated heterocycles. The Morgan fingerprint density at radius 3 is 2.22 bits per heavy atom. The number of unbranched alkanes of at least 4 members (excludes halogenated alkanes) is 3. The number of carbonyl (C=O) groups is 3. The van der Waals surface area contributed by atoms with Crippen molar-refractivity contribution in [2.45, 2.75) is 157 Å². The third-order valence-corrected chi connectivity index (χ3v) is 17.3. The minimum absolute atomic E-state index is 0.0393. The van der Waals surface area contributed by atoms with E-state index >= 15 is 0 Å². The van der Waals surface area contributed by atoms with Gasteiger partial charge >= 0.3 is 11.9 Å². The monoisotopic (exact) mass is 846 g/mol. The first kappa shape index (κ1) is 50.6. The van der Waals surface area contributed by atoms with Gasteiger partial charge in [0, 0.05) is 29.7 Å². The van der Waals surface area contributed by atoms with Crippen LogP contribution >= 0.6 is 0 Å². The molecule has 0 aliphatic heterocycles. The quantitative estimate of drug-likeness (QED) is 0.0486. The van der Waals surface area contributed by atoms with E-state index in [0.29, 0.717) is 24.8 Å². The molecular weight excluding hydrogens is 771 g/mol. The van der Waals surface area contributed by atoms with Crippen LogP contribution in [0.25, 0.3) is 0 Å². The van der Waals surface area contributed by atoms with Crippen molar-refractivity contribution in [2.24, 2.45) is 28.6 Å². The number of Topliss-reactive ketones (excluding diaryl/α,β-unsaturated/α-hetero) is 1. The highest BCUT2D eigenvalue weighted by atomic mass is 28.4. The molecule has 9 nitrogen and oxygen atoms in total. The summed E-state index contributed by atoms with van der Waals surface area (Å²) < 4.78 is 31.3. The van der Waals surface area contributed by atoms with E-state index in [4.69, 9.17) is 23.4 Å². The first-order valence-corrected chi connectivity index (χ1v) is 24.9. The largest absolute Gasteiger partial charge is 0.497 e. The van der Waals surface area contributed by atoms with Crippen LogP contribution in [0.3, 0.4) is 0 Å². The van der Waals surface area contributed by atoms with Crippen LogP contribution in [-0.2, 0) is 39.6 Å². The lowest BCUT2D eigenvalue weighted by Crippen LogP contribution is -2.50. The fourth-order valence-corrected chi connectivity index (χ4v) is 9.42. The fourth-order valence-electron chi connectivity index (χ4n) is 8.13. The predicted molar refractivity (Wildman–Crippen MR) is 242 cm³/mol. The van der Waals surface area contributed by atoms with Crippen molar-refractivity contribution in [3.63, 3.8) is 0 Å². The molecule has 0 heterocycles. The Morgan fingerprint density at radius 1 is 0.967 bits per heavy atom. The molecular formula is C50H75NO8Si. The van der Waals surface area contributed by atoms with Crippen molar-refractivity contribution in [3.8, 4) is 11.8 Å². The number of hydrogen-bond acceptors (Lipinski definition) is 9. The Labute approximate surface area is 363 Å². The summed E-state index contributed by atoms with van der Waals surface area (Å²) in [6, 6.07) is 10.1. The summed E-state index contributed by atoms with van der Waals surface area (Å²) in [7, 11) is 0.548. The van der Waals surface area contributed by atoms with Gasteiger partial charge in [0.1, 0.15) is 18.5 Å². The van der Waals surface area contributed by atoms with Gasteiger partial charge in [0.25, 0.3) is 0 Å². The maximum atomic E-state index is 14.4. The van der Waals surface area contributed by atoms with Crippen molar-refractivity contribution in [3.05, 3.63) is 77.4 Å². The number of ketones is 1. The zero-order chi connectivity index (χ0) is 44.7. The smallest absolute Gasteiger partial charge is 0.333 e. The molecule has 0 spiro atoms. The van der Waals surface area contributed by atoms with Gasteiger partial charge in [-0.25, -0.2) is 4.79 Å². The lowest BCUT2D eigenvalue weighted by molar-refractivity contribution is -0.156. The SMILES string of the molecule is C/C=C/CCCCC[C@@H]1C=C2C(OCc3ccc(OC)cc3)[C@@H](C(C(=O)OC)=CC[C@]2(CC#N)COC(=O)C(C)(C)C)[C@H]1C[C@@H](O[Si](C)(C)C(C)(C)C)C(=O)CC/C=C/C. The van der Waals surface area contributed by atoms with Crippen LogP contribution in [0.2, 0.25) is 18.1 Å². The lowest BCUT2D eigenvalue weighted by Gasteiger charge is -2.48. The summed E-state index contributed by atoms with van der Waals surface area (Å²) in [4.78, 5) is 42.1. The molecule has 0 N–H and O–H groups in total. The maximum absolute atomic E-state index is 14.4. The second-order valence-electron chi connectivity index (χ2n) is 19.2. The van der Waals surface area contributed by atoms with E-state index in [2.05, 4.69) is 58.2 Å². The highest BCUT2D eigenvalue weighted by Gasteiger charge is 2.54. The van der Waals surface area contributed by atoms with E-state index in [1.807, 2.05) is 77.1 Å². The van der Waals surface area contributed by atoms with E-state index in [-0.39, 0.29) is 54.7 Å². The van der Waals surface area contributed by atoms with Crippen LogP contribution < -0.4 is 4.74 Å².